The number of rotatable bonds is 5. The minimum atomic E-state index is 0.518. The Bertz CT molecular complexity index is 418. The van der Waals surface area contributed by atoms with E-state index in [1.54, 1.807) is 0 Å². The molecule has 0 unspecified atom stereocenters. The highest BCUT2D eigenvalue weighted by Crippen LogP contribution is 2.17. The smallest absolute Gasteiger partial charge is 0.225 e. The molecular weight excluding hydrogens is 252 g/mol. The molecule has 0 saturated carbocycles. The number of nitrogens with one attached hydrogen (secondary N) is 1. The molecule has 112 valence electrons. The summed E-state index contributed by atoms with van der Waals surface area (Å²) in [4.78, 5) is 11.6. The second-order valence-electron chi connectivity index (χ2n) is 5.63. The van der Waals surface area contributed by atoms with Crippen molar-refractivity contribution in [3.63, 3.8) is 0 Å². The molecule has 1 saturated heterocycles. The van der Waals surface area contributed by atoms with Crippen LogP contribution in [-0.2, 0) is 11.2 Å². The molecule has 1 fully saturated rings. The van der Waals surface area contributed by atoms with Crippen LogP contribution in [0.5, 0.6) is 0 Å². The predicted octanol–water partition coefficient (Wildman–Crippen LogP) is 1.47. The maximum Gasteiger partial charge on any atom is 0.225 e. The first-order valence-corrected chi connectivity index (χ1v) is 7.48. The lowest BCUT2D eigenvalue weighted by atomic mass is 10.1. The standard InChI is InChI=1S/C15H26N4O/c1-11(2)16-6-5-14-12(3)17-15(18-13(14)4)19-7-9-20-10-8-19/h11,16H,5-10H2,1-4H3. The van der Waals surface area contributed by atoms with E-state index in [2.05, 4.69) is 47.9 Å². The lowest BCUT2D eigenvalue weighted by Gasteiger charge is -2.27. The van der Waals surface area contributed by atoms with Crippen molar-refractivity contribution >= 4 is 5.95 Å². The molecule has 0 aromatic carbocycles. The molecule has 0 atom stereocenters. The predicted molar refractivity (Wildman–Crippen MR) is 81.4 cm³/mol. The molecule has 1 aliphatic rings. The number of aromatic nitrogens is 2. The summed E-state index contributed by atoms with van der Waals surface area (Å²) < 4.78 is 5.38. The Kier molecular flexibility index (Phi) is 5.31. The maximum atomic E-state index is 5.38. The molecule has 1 N–H and O–H groups in total. The Labute approximate surface area is 121 Å². The summed E-state index contributed by atoms with van der Waals surface area (Å²) in [6.07, 6.45) is 0.985. The molecule has 0 amide bonds. The fourth-order valence-electron chi connectivity index (χ4n) is 2.47. The van der Waals surface area contributed by atoms with Crippen molar-refractivity contribution in [3.8, 4) is 0 Å². The van der Waals surface area contributed by atoms with Crippen LogP contribution >= 0.6 is 0 Å². The highest BCUT2D eigenvalue weighted by Gasteiger charge is 2.16. The Morgan fingerprint density at radius 2 is 1.75 bits per heavy atom. The van der Waals surface area contributed by atoms with E-state index in [-0.39, 0.29) is 0 Å². The van der Waals surface area contributed by atoms with Gasteiger partial charge in [-0.25, -0.2) is 9.97 Å². The summed E-state index contributed by atoms with van der Waals surface area (Å²) in [5.74, 6) is 0.851. The lowest BCUT2D eigenvalue weighted by Crippen LogP contribution is -2.37. The van der Waals surface area contributed by atoms with E-state index < -0.39 is 0 Å². The zero-order valence-electron chi connectivity index (χ0n) is 13.1. The van der Waals surface area contributed by atoms with Gasteiger partial charge in [-0.3, -0.25) is 0 Å². The number of aryl methyl sites for hydroxylation is 2. The third kappa shape index (κ3) is 3.90. The van der Waals surface area contributed by atoms with Gasteiger partial charge in [0.05, 0.1) is 13.2 Å². The van der Waals surface area contributed by atoms with Gasteiger partial charge in [-0.2, -0.15) is 0 Å². The van der Waals surface area contributed by atoms with Crippen LogP contribution < -0.4 is 10.2 Å². The van der Waals surface area contributed by atoms with Gasteiger partial charge in [0.2, 0.25) is 5.95 Å². The first-order valence-electron chi connectivity index (χ1n) is 7.48. The summed E-state index contributed by atoms with van der Waals surface area (Å²) in [7, 11) is 0. The van der Waals surface area contributed by atoms with E-state index in [0.717, 1.165) is 56.6 Å². The van der Waals surface area contributed by atoms with E-state index in [9.17, 15) is 0 Å². The number of morpholine rings is 1. The second kappa shape index (κ2) is 6.99. The van der Waals surface area contributed by atoms with Gasteiger partial charge in [-0.05, 0) is 32.4 Å². The zero-order chi connectivity index (χ0) is 14.5. The first kappa shape index (κ1) is 15.2. The number of ether oxygens (including phenoxy) is 1. The van der Waals surface area contributed by atoms with Crippen LogP contribution in [0.3, 0.4) is 0 Å². The van der Waals surface area contributed by atoms with E-state index >= 15 is 0 Å². The van der Waals surface area contributed by atoms with Crippen LogP contribution in [0, 0.1) is 13.8 Å². The van der Waals surface area contributed by atoms with Gasteiger partial charge in [0.1, 0.15) is 0 Å². The van der Waals surface area contributed by atoms with Crippen molar-refractivity contribution in [1.82, 2.24) is 15.3 Å². The van der Waals surface area contributed by atoms with E-state index in [0.29, 0.717) is 6.04 Å². The normalized spacial score (nSPS) is 15.9. The monoisotopic (exact) mass is 278 g/mol. The minimum absolute atomic E-state index is 0.518. The molecule has 5 heteroatoms. The van der Waals surface area contributed by atoms with Crippen molar-refractivity contribution in [1.29, 1.82) is 0 Å². The molecule has 1 aromatic heterocycles. The average molecular weight is 278 g/mol. The molecule has 5 nitrogen and oxygen atoms in total. The molecular formula is C15H26N4O. The van der Waals surface area contributed by atoms with Crippen molar-refractivity contribution in [2.24, 2.45) is 0 Å². The van der Waals surface area contributed by atoms with Gasteiger partial charge in [0.15, 0.2) is 0 Å². The van der Waals surface area contributed by atoms with Crippen LogP contribution in [0.1, 0.15) is 30.8 Å². The van der Waals surface area contributed by atoms with Crippen molar-refractivity contribution in [2.75, 3.05) is 37.7 Å². The summed E-state index contributed by atoms with van der Waals surface area (Å²) in [6, 6.07) is 0.518. The third-order valence-electron chi connectivity index (χ3n) is 3.63. The fourth-order valence-corrected chi connectivity index (χ4v) is 2.47. The molecule has 1 aromatic rings. The number of anilines is 1. The van der Waals surface area contributed by atoms with Crippen LogP contribution in [0.2, 0.25) is 0 Å². The quantitative estimate of drug-likeness (QED) is 0.884. The van der Waals surface area contributed by atoms with Crippen molar-refractivity contribution in [2.45, 2.75) is 40.2 Å². The third-order valence-corrected chi connectivity index (χ3v) is 3.63. The Morgan fingerprint density at radius 3 is 2.30 bits per heavy atom. The van der Waals surface area contributed by atoms with E-state index in [1.165, 1.54) is 5.56 Å². The minimum Gasteiger partial charge on any atom is -0.378 e. The van der Waals surface area contributed by atoms with Crippen LogP contribution in [0.25, 0.3) is 0 Å². The highest BCUT2D eigenvalue weighted by atomic mass is 16.5. The van der Waals surface area contributed by atoms with Gasteiger partial charge in [0.25, 0.3) is 0 Å². The molecule has 0 radical (unpaired) electrons. The largest absolute Gasteiger partial charge is 0.378 e. The maximum absolute atomic E-state index is 5.38. The molecule has 0 spiro atoms. The molecule has 0 aliphatic carbocycles. The van der Waals surface area contributed by atoms with Crippen LogP contribution in [0.15, 0.2) is 0 Å². The van der Waals surface area contributed by atoms with Crippen LogP contribution in [0.4, 0.5) is 5.95 Å². The van der Waals surface area contributed by atoms with E-state index in [4.69, 9.17) is 4.74 Å². The fraction of sp³-hybridized carbons (Fsp3) is 0.733. The number of nitrogens with zero attached hydrogens (tertiary/aromatic N) is 3. The number of hydrogen-bond donors (Lipinski definition) is 1. The molecule has 0 bridgehead atoms. The number of hydrogen-bond acceptors (Lipinski definition) is 5. The Balaban J connectivity index is 2.07. The highest BCUT2D eigenvalue weighted by molar-refractivity contribution is 5.37. The molecule has 2 rings (SSSR count). The van der Waals surface area contributed by atoms with E-state index in [1.807, 2.05) is 0 Å². The van der Waals surface area contributed by atoms with Crippen molar-refractivity contribution in [3.05, 3.63) is 17.0 Å². The summed E-state index contributed by atoms with van der Waals surface area (Å²) in [6.45, 7) is 12.8. The molecule has 20 heavy (non-hydrogen) atoms. The first-order chi connectivity index (χ1) is 9.58. The van der Waals surface area contributed by atoms with Crippen molar-refractivity contribution < 1.29 is 4.74 Å². The van der Waals surface area contributed by atoms with Gasteiger partial charge in [-0.15, -0.1) is 0 Å². The van der Waals surface area contributed by atoms with Gasteiger partial charge in [-0.1, -0.05) is 13.8 Å². The summed E-state index contributed by atoms with van der Waals surface area (Å²) in [5.41, 5.74) is 3.48. The van der Waals surface area contributed by atoms with Gasteiger partial charge < -0.3 is 15.0 Å². The average Bonchev–Trinajstić information content (AvgIpc) is 2.42. The second-order valence-corrected chi connectivity index (χ2v) is 5.63. The lowest BCUT2D eigenvalue weighted by molar-refractivity contribution is 0.122. The Morgan fingerprint density at radius 1 is 1.15 bits per heavy atom. The molecule has 2 heterocycles. The topological polar surface area (TPSA) is 50.3 Å². The Hall–Kier alpha value is -1.20. The summed E-state index contributed by atoms with van der Waals surface area (Å²) in [5, 5.41) is 3.44. The van der Waals surface area contributed by atoms with Gasteiger partial charge in [0, 0.05) is 30.5 Å². The van der Waals surface area contributed by atoms with Gasteiger partial charge >= 0.3 is 0 Å². The summed E-state index contributed by atoms with van der Waals surface area (Å²) >= 11 is 0. The molecule has 1 aliphatic heterocycles. The van der Waals surface area contributed by atoms with Crippen LogP contribution in [-0.4, -0.2) is 48.9 Å². The SMILES string of the molecule is Cc1nc(N2CCOCC2)nc(C)c1CCNC(C)C. The zero-order valence-corrected chi connectivity index (χ0v) is 13.1.